The molecule has 1 aromatic heterocycles. The van der Waals surface area contributed by atoms with Crippen molar-refractivity contribution in [2.45, 2.75) is 13.8 Å². The van der Waals surface area contributed by atoms with E-state index in [0.717, 1.165) is 24.6 Å². The highest BCUT2D eigenvalue weighted by molar-refractivity contribution is 5.60. The molecule has 7 heteroatoms. The number of anilines is 3. The second-order valence-corrected chi connectivity index (χ2v) is 4.51. The maximum absolute atomic E-state index is 5.28. The first-order valence-electron chi connectivity index (χ1n) is 7.15. The summed E-state index contributed by atoms with van der Waals surface area (Å²) in [5, 5.41) is 11.1. The number of nitrogens with one attached hydrogen (secondary N) is 1. The zero-order valence-electron chi connectivity index (χ0n) is 13.3. The average Bonchev–Trinajstić information content (AvgIpc) is 2.56. The van der Waals surface area contributed by atoms with Gasteiger partial charge in [-0.2, -0.15) is 10.1 Å². The van der Waals surface area contributed by atoms with Crippen LogP contribution >= 0.6 is 0 Å². The average molecular weight is 303 g/mol. The number of hydrogen-bond donors (Lipinski definition) is 1. The highest BCUT2D eigenvalue weighted by Gasteiger charge is 2.08. The van der Waals surface area contributed by atoms with Gasteiger partial charge in [-0.25, -0.2) is 0 Å². The third kappa shape index (κ3) is 3.55. The summed E-state index contributed by atoms with van der Waals surface area (Å²) in [5.74, 6) is 2.55. The molecule has 118 valence electrons. The lowest BCUT2D eigenvalue weighted by Gasteiger charge is -2.19. The molecule has 2 aromatic rings. The van der Waals surface area contributed by atoms with E-state index in [9.17, 15) is 0 Å². The number of hydrogen-bond acceptors (Lipinski definition) is 7. The third-order valence-corrected chi connectivity index (χ3v) is 3.27. The summed E-state index contributed by atoms with van der Waals surface area (Å²) in [6.45, 7) is 5.88. The van der Waals surface area contributed by atoms with Crippen molar-refractivity contribution in [3.05, 3.63) is 24.4 Å². The normalized spacial score (nSPS) is 10.2. The molecule has 0 saturated heterocycles. The predicted molar refractivity (Wildman–Crippen MR) is 86.2 cm³/mol. The van der Waals surface area contributed by atoms with Crippen LogP contribution < -0.4 is 19.7 Å². The Morgan fingerprint density at radius 2 is 1.82 bits per heavy atom. The van der Waals surface area contributed by atoms with Gasteiger partial charge in [0.1, 0.15) is 0 Å². The van der Waals surface area contributed by atoms with Gasteiger partial charge in [-0.15, -0.1) is 5.10 Å². The van der Waals surface area contributed by atoms with E-state index in [-0.39, 0.29) is 0 Å². The lowest BCUT2D eigenvalue weighted by Crippen LogP contribution is -2.23. The van der Waals surface area contributed by atoms with Gasteiger partial charge in [0.2, 0.25) is 5.95 Å². The van der Waals surface area contributed by atoms with Gasteiger partial charge < -0.3 is 19.7 Å². The fraction of sp³-hybridized carbons (Fsp3) is 0.400. The molecule has 1 N–H and O–H groups in total. The summed E-state index contributed by atoms with van der Waals surface area (Å²) in [6, 6.07) is 5.52. The summed E-state index contributed by atoms with van der Waals surface area (Å²) in [7, 11) is 3.20. The van der Waals surface area contributed by atoms with E-state index in [4.69, 9.17) is 9.47 Å². The predicted octanol–water partition coefficient (Wildman–Crippen LogP) is 2.48. The largest absolute Gasteiger partial charge is 0.493 e. The van der Waals surface area contributed by atoms with Crippen molar-refractivity contribution >= 4 is 17.5 Å². The molecule has 22 heavy (non-hydrogen) atoms. The molecule has 0 atom stereocenters. The molecule has 0 bridgehead atoms. The maximum Gasteiger partial charge on any atom is 0.249 e. The van der Waals surface area contributed by atoms with Crippen molar-refractivity contribution in [3.8, 4) is 11.5 Å². The molecule has 0 aliphatic rings. The topological polar surface area (TPSA) is 72.4 Å². The van der Waals surface area contributed by atoms with E-state index in [2.05, 4.69) is 39.2 Å². The fourth-order valence-corrected chi connectivity index (χ4v) is 2.09. The summed E-state index contributed by atoms with van der Waals surface area (Å²) in [4.78, 5) is 6.58. The Balaban J connectivity index is 2.22. The number of aromatic nitrogens is 3. The van der Waals surface area contributed by atoms with E-state index in [1.807, 2.05) is 18.2 Å². The Kier molecular flexibility index (Phi) is 5.35. The highest BCUT2D eigenvalue weighted by Crippen LogP contribution is 2.30. The SMILES string of the molecule is CCN(CC)c1cnnc(Nc2ccc(OC)c(OC)c2)n1. The van der Waals surface area contributed by atoms with Gasteiger partial charge in [-0.05, 0) is 26.0 Å². The van der Waals surface area contributed by atoms with Gasteiger partial charge >= 0.3 is 0 Å². The standard InChI is InChI=1S/C15H21N5O2/c1-5-20(6-2)14-10-16-19-15(18-14)17-11-7-8-12(21-3)13(9-11)22-4/h7-10H,5-6H2,1-4H3,(H,17,18,19). The Morgan fingerprint density at radius 3 is 2.45 bits per heavy atom. The number of nitrogens with zero attached hydrogens (tertiary/aromatic N) is 4. The van der Waals surface area contributed by atoms with Crippen LogP contribution in [0.15, 0.2) is 24.4 Å². The maximum atomic E-state index is 5.28. The first-order valence-corrected chi connectivity index (χ1v) is 7.15. The molecular formula is C15H21N5O2. The van der Waals surface area contributed by atoms with E-state index in [0.29, 0.717) is 17.4 Å². The third-order valence-electron chi connectivity index (χ3n) is 3.27. The van der Waals surface area contributed by atoms with Crippen LogP contribution in [-0.4, -0.2) is 42.5 Å². The Hall–Kier alpha value is -2.57. The number of benzene rings is 1. The van der Waals surface area contributed by atoms with E-state index >= 15 is 0 Å². The molecule has 0 amide bonds. The van der Waals surface area contributed by atoms with Crippen molar-refractivity contribution in [3.63, 3.8) is 0 Å². The van der Waals surface area contributed by atoms with Crippen LogP contribution in [0.4, 0.5) is 17.5 Å². The molecule has 0 radical (unpaired) electrons. The minimum Gasteiger partial charge on any atom is -0.493 e. The molecule has 0 fully saturated rings. The Labute approximate surface area is 130 Å². The van der Waals surface area contributed by atoms with Crippen LogP contribution in [0.3, 0.4) is 0 Å². The fourth-order valence-electron chi connectivity index (χ4n) is 2.09. The Bertz CT molecular complexity index is 617. The number of methoxy groups -OCH3 is 2. The van der Waals surface area contributed by atoms with Crippen LogP contribution in [-0.2, 0) is 0 Å². The highest BCUT2D eigenvalue weighted by atomic mass is 16.5. The van der Waals surface area contributed by atoms with Crippen LogP contribution in [0.5, 0.6) is 11.5 Å². The van der Waals surface area contributed by atoms with Crippen LogP contribution in [0.25, 0.3) is 0 Å². The van der Waals surface area contributed by atoms with Crippen molar-refractivity contribution < 1.29 is 9.47 Å². The van der Waals surface area contributed by atoms with E-state index in [1.54, 1.807) is 20.4 Å². The van der Waals surface area contributed by atoms with Crippen molar-refractivity contribution in [2.75, 3.05) is 37.5 Å². The Morgan fingerprint density at radius 1 is 1.09 bits per heavy atom. The minimum atomic E-state index is 0.441. The monoisotopic (exact) mass is 303 g/mol. The number of rotatable bonds is 7. The van der Waals surface area contributed by atoms with Gasteiger partial charge in [0.15, 0.2) is 17.3 Å². The molecular weight excluding hydrogens is 282 g/mol. The van der Waals surface area contributed by atoms with Crippen molar-refractivity contribution in [1.82, 2.24) is 15.2 Å². The lowest BCUT2D eigenvalue weighted by molar-refractivity contribution is 0.355. The molecule has 1 heterocycles. The van der Waals surface area contributed by atoms with Crippen LogP contribution in [0, 0.1) is 0 Å². The minimum absolute atomic E-state index is 0.441. The summed E-state index contributed by atoms with van der Waals surface area (Å²) in [5.41, 5.74) is 0.802. The first-order chi connectivity index (χ1) is 10.7. The van der Waals surface area contributed by atoms with Gasteiger partial charge in [-0.1, -0.05) is 0 Å². The quantitative estimate of drug-likeness (QED) is 0.842. The zero-order chi connectivity index (χ0) is 15.9. The van der Waals surface area contributed by atoms with Crippen molar-refractivity contribution in [1.29, 1.82) is 0 Å². The first kappa shape index (κ1) is 15.8. The molecule has 0 aliphatic heterocycles. The van der Waals surface area contributed by atoms with Gasteiger partial charge in [0.05, 0.1) is 20.4 Å². The second-order valence-electron chi connectivity index (χ2n) is 4.51. The molecule has 0 saturated carbocycles. The van der Waals surface area contributed by atoms with E-state index < -0.39 is 0 Å². The molecule has 0 aliphatic carbocycles. The zero-order valence-corrected chi connectivity index (χ0v) is 13.3. The molecule has 0 unspecified atom stereocenters. The smallest absolute Gasteiger partial charge is 0.249 e. The van der Waals surface area contributed by atoms with Gasteiger partial charge in [0, 0.05) is 24.8 Å². The van der Waals surface area contributed by atoms with Gasteiger partial charge in [0.25, 0.3) is 0 Å². The summed E-state index contributed by atoms with van der Waals surface area (Å²) >= 11 is 0. The molecule has 0 spiro atoms. The van der Waals surface area contributed by atoms with Crippen LogP contribution in [0.1, 0.15) is 13.8 Å². The summed E-state index contributed by atoms with van der Waals surface area (Å²) in [6.07, 6.45) is 1.66. The van der Waals surface area contributed by atoms with E-state index in [1.165, 1.54) is 0 Å². The van der Waals surface area contributed by atoms with Crippen LogP contribution in [0.2, 0.25) is 0 Å². The van der Waals surface area contributed by atoms with Gasteiger partial charge in [-0.3, -0.25) is 0 Å². The summed E-state index contributed by atoms with van der Waals surface area (Å²) < 4.78 is 10.5. The lowest BCUT2D eigenvalue weighted by atomic mass is 10.3. The number of ether oxygens (including phenoxy) is 2. The second kappa shape index (κ2) is 7.44. The molecule has 1 aromatic carbocycles. The molecule has 2 rings (SSSR count). The molecule has 7 nitrogen and oxygen atoms in total. The van der Waals surface area contributed by atoms with Crippen molar-refractivity contribution in [2.24, 2.45) is 0 Å².